The van der Waals surface area contributed by atoms with E-state index in [0.29, 0.717) is 5.56 Å². The van der Waals surface area contributed by atoms with Gasteiger partial charge in [0.15, 0.2) is 0 Å². The molecule has 30 heavy (non-hydrogen) atoms. The van der Waals surface area contributed by atoms with Crippen molar-refractivity contribution in [3.63, 3.8) is 0 Å². The number of hydrogen-bond donors (Lipinski definition) is 2. The molecule has 3 rings (SSSR count). The molecule has 0 aliphatic rings. The average molecular weight is 427 g/mol. The van der Waals surface area contributed by atoms with E-state index >= 15 is 0 Å². The fourth-order valence-electron chi connectivity index (χ4n) is 3.24. The number of rotatable bonds is 8. The lowest BCUT2D eigenvalue weighted by molar-refractivity contribution is -0.122. The summed E-state index contributed by atoms with van der Waals surface area (Å²) in [5.41, 5.74) is 2.32. The summed E-state index contributed by atoms with van der Waals surface area (Å²) in [6.45, 7) is 0. The molecule has 0 heterocycles. The normalized spacial score (nSPS) is 12.5. The fraction of sp³-hybridized carbons (Fsp3) is 0.174. The molecule has 0 aliphatic carbocycles. The van der Waals surface area contributed by atoms with Crippen molar-refractivity contribution in [2.75, 3.05) is 6.26 Å². The summed E-state index contributed by atoms with van der Waals surface area (Å²) in [6.07, 6.45) is 0.896. The minimum Gasteiger partial charge on any atom is -0.345 e. The summed E-state index contributed by atoms with van der Waals surface area (Å²) in [7, 11) is -3.58. The highest BCUT2D eigenvalue weighted by molar-refractivity contribution is 7.88. The highest BCUT2D eigenvalue weighted by Gasteiger charge is 2.23. The molecule has 3 aromatic rings. The van der Waals surface area contributed by atoms with Gasteiger partial charge in [0.2, 0.25) is 15.9 Å². The number of amides is 1. The van der Waals surface area contributed by atoms with E-state index in [1.54, 1.807) is 0 Å². The molecule has 0 aromatic heterocycles. The molecular formula is C23H23FN2O3S. The number of halogens is 1. The smallest absolute Gasteiger partial charge is 0.222 e. The molecule has 3 aromatic carbocycles. The molecule has 1 atom stereocenters. The Morgan fingerprint density at radius 2 is 1.33 bits per heavy atom. The maximum Gasteiger partial charge on any atom is 0.222 e. The number of carbonyl (C=O) groups is 1. The van der Waals surface area contributed by atoms with Gasteiger partial charge in [-0.3, -0.25) is 4.79 Å². The Kier molecular flexibility index (Phi) is 6.97. The van der Waals surface area contributed by atoms with Crippen molar-refractivity contribution in [3.05, 3.63) is 107 Å². The van der Waals surface area contributed by atoms with Gasteiger partial charge in [-0.1, -0.05) is 72.8 Å². The van der Waals surface area contributed by atoms with E-state index in [0.717, 1.165) is 17.4 Å². The zero-order chi connectivity index (χ0) is 21.6. The predicted molar refractivity (Wildman–Crippen MR) is 115 cm³/mol. The summed E-state index contributed by atoms with van der Waals surface area (Å²) in [4.78, 5) is 12.9. The van der Waals surface area contributed by atoms with Gasteiger partial charge in [-0.05, 0) is 28.8 Å². The van der Waals surface area contributed by atoms with Crippen molar-refractivity contribution >= 4 is 15.9 Å². The second-order valence-corrected chi connectivity index (χ2v) is 8.80. The molecular weight excluding hydrogens is 403 g/mol. The summed E-state index contributed by atoms with van der Waals surface area (Å²) in [6, 6.07) is 23.3. The Morgan fingerprint density at radius 3 is 1.80 bits per heavy atom. The number of hydrogen-bond acceptors (Lipinski definition) is 3. The first-order valence-electron chi connectivity index (χ1n) is 9.44. The van der Waals surface area contributed by atoms with Crippen LogP contribution in [0.1, 0.15) is 35.2 Å². The predicted octanol–water partition coefficient (Wildman–Crippen LogP) is 3.71. The Bertz CT molecular complexity index is 1030. The summed E-state index contributed by atoms with van der Waals surface area (Å²) >= 11 is 0. The first kappa shape index (κ1) is 21.7. The number of nitrogens with one attached hydrogen (secondary N) is 2. The number of benzene rings is 3. The van der Waals surface area contributed by atoms with Crippen LogP contribution in [-0.2, 0) is 14.8 Å². The van der Waals surface area contributed by atoms with Crippen LogP contribution in [0.25, 0.3) is 0 Å². The molecule has 156 valence electrons. The Balaban J connectivity index is 1.84. The van der Waals surface area contributed by atoms with Gasteiger partial charge < -0.3 is 5.32 Å². The van der Waals surface area contributed by atoms with Gasteiger partial charge in [0.25, 0.3) is 0 Å². The van der Waals surface area contributed by atoms with Gasteiger partial charge in [-0.15, -0.1) is 0 Å². The molecule has 0 unspecified atom stereocenters. The minimum atomic E-state index is -3.58. The van der Waals surface area contributed by atoms with Crippen molar-refractivity contribution in [1.82, 2.24) is 10.0 Å². The monoisotopic (exact) mass is 426 g/mol. The SMILES string of the molecule is CS(=O)(=O)N[C@@H](CC(=O)NC(c1ccccc1)c1ccccc1)c1ccc(F)cc1. The van der Waals surface area contributed by atoms with Crippen LogP contribution in [0.2, 0.25) is 0 Å². The second-order valence-electron chi connectivity index (χ2n) is 7.02. The Labute approximate surface area is 176 Å². The van der Waals surface area contributed by atoms with Crippen molar-refractivity contribution in [2.45, 2.75) is 18.5 Å². The van der Waals surface area contributed by atoms with E-state index in [2.05, 4.69) is 10.0 Å². The minimum absolute atomic E-state index is 0.130. The van der Waals surface area contributed by atoms with Crippen LogP contribution in [0.15, 0.2) is 84.9 Å². The molecule has 0 spiro atoms. The molecule has 0 radical (unpaired) electrons. The van der Waals surface area contributed by atoms with Crippen molar-refractivity contribution in [2.24, 2.45) is 0 Å². The zero-order valence-electron chi connectivity index (χ0n) is 16.5. The van der Waals surface area contributed by atoms with Crippen molar-refractivity contribution in [1.29, 1.82) is 0 Å². The van der Waals surface area contributed by atoms with E-state index in [9.17, 15) is 17.6 Å². The van der Waals surface area contributed by atoms with E-state index in [1.807, 2.05) is 60.7 Å². The first-order chi connectivity index (χ1) is 14.3. The third-order valence-corrected chi connectivity index (χ3v) is 5.30. The first-order valence-corrected chi connectivity index (χ1v) is 11.3. The van der Waals surface area contributed by atoms with Crippen molar-refractivity contribution < 1.29 is 17.6 Å². The molecule has 0 saturated heterocycles. The Morgan fingerprint density at radius 1 is 0.833 bits per heavy atom. The molecule has 0 aliphatic heterocycles. The standard InChI is InChI=1S/C23H23FN2O3S/c1-30(28,29)26-21(17-12-14-20(24)15-13-17)16-22(27)25-23(18-8-4-2-5-9-18)19-10-6-3-7-11-19/h2-15,21,23,26H,16H2,1H3,(H,25,27)/t21-/m0/s1. The van der Waals surface area contributed by atoms with Gasteiger partial charge >= 0.3 is 0 Å². The third kappa shape index (κ3) is 6.23. The van der Waals surface area contributed by atoms with E-state index in [1.165, 1.54) is 24.3 Å². The molecule has 0 bridgehead atoms. The largest absolute Gasteiger partial charge is 0.345 e. The number of sulfonamides is 1. The van der Waals surface area contributed by atoms with Crippen LogP contribution in [0.3, 0.4) is 0 Å². The third-order valence-electron chi connectivity index (χ3n) is 4.59. The molecule has 5 nitrogen and oxygen atoms in total. The van der Waals surface area contributed by atoms with Crippen LogP contribution in [-0.4, -0.2) is 20.6 Å². The van der Waals surface area contributed by atoms with Crippen molar-refractivity contribution in [3.8, 4) is 0 Å². The van der Waals surface area contributed by atoms with Gasteiger partial charge in [0.1, 0.15) is 5.82 Å². The molecule has 0 saturated carbocycles. The molecule has 2 N–H and O–H groups in total. The topological polar surface area (TPSA) is 75.3 Å². The van der Waals surface area contributed by atoms with Gasteiger partial charge in [0.05, 0.1) is 18.3 Å². The lowest BCUT2D eigenvalue weighted by atomic mass is 9.98. The van der Waals surface area contributed by atoms with Gasteiger partial charge in [-0.2, -0.15) is 0 Å². The van der Waals surface area contributed by atoms with E-state index < -0.39 is 21.9 Å². The highest BCUT2D eigenvalue weighted by atomic mass is 32.2. The maximum atomic E-state index is 13.3. The molecule has 1 amide bonds. The van der Waals surface area contributed by atoms with Crippen LogP contribution >= 0.6 is 0 Å². The molecule has 7 heteroatoms. The number of carbonyl (C=O) groups excluding carboxylic acids is 1. The lowest BCUT2D eigenvalue weighted by Crippen LogP contribution is -2.35. The molecule has 0 fully saturated rings. The lowest BCUT2D eigenvalue weighted by Gasteiger charge is -2.22. The summed E-state index contributed by atoms with van der Waals surface area (Å²) < 4.78 is 39.4. The summed E-state index contributed by atoms with van der Waals surface area (Å²) in [5.74, 6) is -0.771. The van der Waals surface area contributed by atoms with Gasteiger partial charge in [0, 0.05) is 6.42 Å². The van der Waals surface area contributed by atoms with Crippen LogP contribution < -0.4 is 10.0 Å². The average Bonchev–Trinajstić information content (AvgIpc) is 2.72. The Hall–Kier alpha value is -3.03. The van der Waals surface area contributed by atoms with E-state index in [4.69, 9.17) is 0 Å². The van der Waals surface area contributed by atoms with E-state index in [-0.39, 0.29) is 18.4 Å². The van der Waals surface area contributed by atoms with Crippen LogP contribution in [0.4, 0.5) is 4.39 Å². The van der Waals surface area contributed by atoms with Crippen LogP contribution in [0, 0.1) is 5.82 Å². The highest BCUT2D eigenvalue weighted by Crippen LogP contribution is 2.24. The second kappa shape index (κ2) is 9.65. The zero-order valence-corrected chi connectivity index (χ0v) is 17.3. The quantitative estimate of drug-likeness (QED) is 0.577. The maximum absolute atomic E-state index is 13.3. The summed E-state index contributed by atoms with van der Waals surface area (Å²) in [5, 5.41) is 3.00. The van der Waals surface area contributed by atoms with Crippen LogP contribution in [0.5, 0.6) is 0 Å². The fourth-order valence-corrected chi connectivity index (χ4v) is 3.97. The van der Waals surface area contributed by atoms with Gasteiger partial charge in [-0.25, -0.2) is 17.5 Å².